The molecule has 1 saturated carbocycles. The Kier molecular flexibility index (Phi) is 5.88. The second-order valence-corrected chi connectivity index (χ2v) is 10.6. The number of carbonyl (C=O) groups excluding carboxylic acids is 1. The van der Waals surface area contributed by atoms with Gasteiger partial charge in [-0.2, -0.15) is 0 Å². The van der Waals surface area contributed by atoms with Crippen LogP contribution in [0.1, 0.15) is 30.4 Å². The van der Waals surface area contributed by atoms with Gasteiger partial charge in [0.05, 0.1) is 0 Å². The van der Waals surface area contributed by atoms with E-state index in [0.717, 1.165) is 58.8 Å². The first-order valence-electron chi connectivity index (χ1n) is 12.9. The van der Waals surface area contributed by atoms with Crippen LogP contribution in [0.4, 0.5) is 0 Å². The van der Waals surface area contributed by atoms with Crippen LogP contribution in [0.5, 0.6) is 0 Å². The van der Waals surface area contributed by atoms with E-state index in [0.29, 0.717) is 5.91 Å². The Bertz CT molecular complexity index is 1140. The van der Waals surface area contributed by atoms with E-state index >= 15 is 0 Å². The van der Waals surface area contributed by atoms with Crippen LogP contribution in [-0.4, -0.2) is 59.9 Å². The molecule has 3 aliphatic rings. The lowest BCUT2D eigenvalue weighted by Crippen LogP contribution is -2.49. The average molecular weight is 454 g/mol. The minimum atomic E-state index is 0.271. The molecule has 0 radical (unpaired) electrons. The van der Waals surface area contributed by atoms with Crippen molar-refractivity contribution in [2.24, 2.45) is 11.3 Å². The van der Waals surface area contributed by atoms with Gasteiger partial charge in [0.25, 0.3) is 0 Å². The van der Waals surface area contributed by atoms with Crippen LogP contribution < -0.4 is 0 Å². The largest absolute Gasteiger partial charge is 0.340 e. The molecule has 2 heterocycles. The maximum Gasteiger partial charge on any atom is 0.226 e. The van der Waals surface area contributed by atoms with Gasteiger partial charge in [0.1, 0.15) is 0 Å². The zero-order valence-corrected chi connectivity index (χ0v) is 20.0. The van der Waals surface area contributed by atoms with Crippen molar-refractivity contribution in [1.82, 2.24) is 14.7 Å². The topological polar surface area (TPSA) is 26.8 Å². The first-order valence-corrected chi connectivity index (χ1v) is 12.9. The quantitative estimate of drug-likeness (QED) is 0.556. The highest BCUT2D eigenvalue weighted by Crippen LogP contribution is 2.60. The van der Waals surface area contributed by atoms with E-state index in [-0.39, 0.29) is 11.3 Å². The monoisotopic (exact) mass is 453 g/mol. The van der Waals surface area contributed by atoms with E-state index in [4.69, 9.17) is 0 Å². The molecule has 1 atom stereocenters. The molecule has 3 aromatic rings. The van der Waals surface area contributed by atoms with Gasteiger partial charge in [0.2, 0.25) is 5.91 Å². The molecule has 4 heteroatoms. The summed E-state index contributed by atoms with van der Waals surface area (Å²) in [5.41, 5.74) is 3.07. The lowest BCUT2D eigenvalue weighted by atomic mass is 9.90. The second-order valence-electron chi connectivity index (χ2n) is 10.6. The molecule has 3 aromatic carbocycles. The molecular weight excluding hydrogens is 418 g/mol. The van der Waals surface area contributed by atoms with Crippen LogP contribution in [0.25, 0.3) is 10.8 Å². The maximum atomic E-state index is 13.3. The molecule has 3 fully saturated rings. The van der Waals surface area contributed by atoms with Crippen LogP contribution in [0.15, 0.2) is 72.8 Å². The van der Waals surface area contributed by atoms with Gasteiger partial charge in [-0.25, -0.2) is 0 Å². The first-order chi connectivity index (χ1) is 16.7. The molecule has 6 rings (SSSR count). The van der Waals surface area contributed by atoms with Crippen molar-refractivity contribution in [1.29, 1.82) is 0 Å². The molecule has 34 heavy (non-hydrogen) atoms. The number of hydrogen-bond acceptors (Lipinski definition) is 3. The number of piperidine rings is 1. The summed E-state index contributed by atoms with van der Waals surface area (Å²) in [5, 5.41) is 2.70. The Morgan fingerprint density at radius 2 is 1.41 bits per heavy atom. The first kappa shape index (κ1) is 21.8. The molecule has 0 bridgehead atoms. The SMILES string of the molecule is O=C([C@@H]1CC12CCN(Cc1cccc3ccccc13)CC2)N1CCN(Cc2ccccc2)CC1. The van der Waals surface area contributed by atoms with E-state index in [1.807, 2.05) is 0 Å². The van der Waals surface area contributed by atoms with Crippen LogP contribution in [0.2, 0.25) is 0 Å². The number of amides is 1. The number of piperazine rings is 1. The molecule has 2 saturated heterocycles. The standard InChI is InChI=1S/C30H35N3O/c34-29(33-19-17-32(18-20-33)22-24-7-2-1-3-8-24)28-21-30(28)13-15-31(16-14-30)23-26-11-6-10-25-9-4-5-12-27(25)26/h1-12,28H,13-23H2/t28-/m0/s1. The Labute approximate surface area is 203 Å². The number of likely N-dealkylation sites (tertiary alicyclic amines) is 1. The summed E-state index contributed by atoms with van der Waals surface area (Å²) < 4.78 is 0. The zero-order chi connectivity index (χ0) is 23.0. The number of benzene rings is 3. The van der Waals surface area contributed by atoms with Gasteiger partial charge in [-0.1, -0.05) is 72.8 Å². The second kappa shape index (κ2) is 9.16. The number of carbonyl (C=O) groups is 1. The predicted molar refractivity (Wildman–Crippen MR) is 137 cm³/mol. The molecule has 176 valence electrons. The van der Waals surface area contributed by atoms with Gasteiger partial charge in [-0.3, -0.25) is 14.6 Å². The summed E-state index contributed by atoms with van der Waals surface area (Å²) >= 11 is 0. The summed E-state index contributed by atoms with van der Waals surface area (Å²) in [6, 6.07) is 26.0. The number of nitrogens with zero attached hydrogens (tertiary/aromatic N) is 3. The molecular formula is C30H35N3O. The highest BCUT2D eigenvalue weighted by Gasteiger charge is 2.59. The molecule has 0 aromatic heterocycles. The maximum absolute atomic E-state index is 13.3. The van der Waals surface area contributed by atoms with Crippen molar-refractivity contribution in [3.8, 4) is 0 Å². The molecule has 0 unspecified atom stereocenters. The fraction of sp³-hybridized carbons (Fsp3) is 0.433. The summed E-state index contributed by atoms with van der Waals surface area (Å²) in [4.78, 5) is 20.5. The van der Waals surface area contributed by atoms with Crippen LogP contribution in [-0.2, 0) is 17.9 Å². The third-order valence-corrected chi connectivity index (χ3v) is 8.55. The van der Waals surface area contributed by atoms with Gasteiger partial charge in [-0.15, -0.1) is 0 Å². The van der Waals surface area contributed by atoms with Crippen molar-refractivity contribution < 1.29 is 4.79 Å². The average Bonchev–Trinajstić information content (AvgIpc) is 3.59. The van der Waals surface area contributed by atoms with E-state index in [1.165, 1.54) is 34.7 Å². The van der Waals surface area contributed by atoms with Gasteiger partial charge >= 0.3 is 0 Å². The van der Waals surface area contributed by atoms with Gasteiger partial charge < -0.3 is 4.90 Å². The number of hydrogen-bond donors (Lipinski definition) is 0. The smallest absolute Gasteiger partial charge is 0.226 e. The summed E-state index contributed by atoms with van der Waals surface area (Å²) in [6.45, 7) is 7.95. The Morgan fingerprint density at radius 1 is 0.735 bits per heavy atom. The number of fused-ring (bicyclic) bond motifs is 1. The highest BCUT2D eigenvalue weighted by atomic mass is 16.2. The fourth-order valence-electron chi connectivity index (χ4n) is 6.27. The minimum Gasteiger partial charge on any atom is -0.340 e. The molecule has 0 N–H and O–H groups in total. The summed E-state index contributed by atoms with van der Waals surface area (Å²) in [6.07, 6.45) is 3.45. The molecule has 4 nitrogen and oxygen atoms in total. The lowest BCUT2D eigenvalue weighted by molar-refractivity contribution is -0.135. The van der Waals surface area contributed by atoms with Gasteiger partial charge in [0.15, 0.2) is 0 Å². The normalized spacial score (nSPS) is 22.8. The lowest BCUT2D eigenvalue weighted by Gasteiger charge is -2.36. The van der Waals surface area contributed by atoms with E-state index < -0.39 is 0 Å². The van der Waals surface area contributed by atoms with Crippen LogP contribution in [0, 0.1) is 11.3 Å². The highest BCUT2D eigenvalue weighted by molar-refractivity contribution is 5.85. The summed E-state index contributed by atoms with van der Waals surface area (Å²) in [7, 11) is 0. The van der Waals surface area contributed by atoms with Crippen molar-refractivity contribution in [2.75, 3.05) is 39.3 Å². The third-order valence-electron chi connectivity index (χ3n) is 8.55. The van der Waals surface area contributed by atoms with Crippen LogP contribution in [0.3, 0.4) is 0 Å². The van der Waals surface area contributed by atoms with Crippen molar-refractivity contribution in [3.05, 3.63) is 83.9 Å². The molecule has 1 amide bonds. The minimum absolute atomic E-state index is 0.271. The van der Waals surface area contributed by atoms with Crippen LogP contribution >= 0.6 is 0 Å². The zero-order valence-electron chi connectivity index (χ0n) is 20.0. The molecule has 1 aliphatic carbocycles. The van der Waals surface area contributed by atoms with E-state index in [9.17, 15) is 4.79 Å². The van der Waals surface area contributed by atoms with E-state index in [1.54, 1.807) is 0 Å². The van der Waals surface area contributed by atoms with Crippen molar-refractivity contribution in [2.45, 2.75) is 32.4 Å². The van der Waals surface area contributed by atoms with Crippen molar-refractivity contribution >= 4 is 16.7 Å². The summed E-state index contributed by atoms with van der Waals surface area (Å²) in [5.74, 6) is 0.703. The molecule has 2 aliphatic heterocycles. The Morgan fingerprint density at radius 3 is 2.21 bits per heavy atom. The molecule has 1 spiro atoms. The predicted octanol–water partition coefficient (Wildman–Crippen LogP) is 4.79. The van der Waals surface area contributed by atoms with Gasteiger partial charge in [-0.05, 0) is 59.7 Å². The fourth-order valence-corrected chi connectivity index (χ4v) is 6.27. The van der Waals surface area contributed by atoms with E-state index in [2.05, 4.69) is 87.5 Å². The Balaban J connectivity index is 0.998. The third kappa shape index (κ3) is 4.37. The Hall–Kier alpha value is -2.69. The number of rotatable bonds is 5. The van der Waals surface area contributed by atoms with Gasteiger partial charge in [0, 0.05) is 45.2 Å². The van der Waals surface area contributed by atoms with Crippen molar-refractivity contribution in [3.63, 3.8) is 0 Å².